The van der Waals surface area contributed by atoms with Crippen LogP contribution in [-0.2, 0) is 0 Å². The molecule has 0 aliphatic carbocycles. The number of ether oxygens (including phenoxy) is 1. The number of fused-ring (bicyclic) bond motifs is 8. The van der Waals surface area contributed by atoms with Gasteiger partial charge in [-0.1, -0.05) is 90.3 Å². The van der Waals surface area contributed by atoms with Crippen LogP contribution >= 0.6 is 23.5 Å². The molecule has 42 heavy (non-hydrogen) atoms. The van der Waals surface area contributed by atoms with Crippen LogP contribution in [0, 0.1) is 0 Å². The Bertz CT molecular complexity index is 2120. The molecule has 0 saturated carbocycles. The third-order valence-corrected chi connectivity index (χ3v) is 11.1. The number of aromatic nitrogens is 1. The van der Waals surface area contributed by atoms with Crippen LogP contribution in [0.4, 0.5) is 17.1 Å². The summed E-state index contributed by atoms with van der Waals surface area (Å²) in [5, 5.41) is 1.10. The molecule has 194 valence electrons. The van der Waals surface area contributed by atoms with E-state index in [9.17, 15) is 0 Å². The first-order valence-electron chi connectivity index (χ1n) is 14.2. The lowest BCUT2D eigenvalue weighted by molar-refractivity contribution is 0.486. The molecule has 0 amide bonds. The molecular weight excluding hydrogens is 550 g/mol. The SMILES string of the molecule is c1ccc(N2c3ccccc3B3c4nc5c(cc4Sc4cccc2c43)B2c3ccccc3Oc3cccc(c32)S5)cc1. The molecule has 4 aliphatic rings. The summed E-state index contributed by atoms with van der Waals surface area (Å²) in [5.74, 6) is 1.89. The molecule has 0 unspecified atom stereocenters. The van der Waals surface area contributed by atoms with Crippen LogP contribution in [-0.4, -0.2) is 18.4 Å². The highest BCUT2D eigenvalue weighted by atomic mass is 32.2. The fraction of sp³-hybridized carbons (Fsp3) is 0. The lowest BCUT2D eigenvalue weighted by Gasteiger charge is -2.40. The summed E-state index contributed by atoms with van der Waals surface area (Å²) in [5.41, 5.74) is 11.2. The van der Waals surface area contributed by atoms with Crippen molar-refractivity contribution in [3.63, 3.8) is 0 Å². The van der Waals surface area contributed by atoms with E-state index in [1.165, 1.54) is 59.1 Å². The lowest BCUT2D eigenvalue weighted by atomic mass is 9.34. The van der Waals surface area contributed by atoms with Crippen LogP contribution in [0.2, 0.25) is 0 Å². The topological polar surface area (TPSA) is 25.4 Å². The Hall–Kier alpha value is -4.32. The highest BCUT2D eigenvalue weighted by Gasteiger charge is 2.45. The fourth-order valence-electron chi connectivity index (χ4n) is 7.17. The molecule has 0 fully saturated rings. The molecule has 7 heteroatoms. The minimum atomic E-state index is 0.0734. The molecule has 4 aliphatic heterocycles. The van der Waals surface area contributed by atoms with Gasteiger partial charge in [0.15, 0.2) is 0 Å². The molecule has 3 nitrogen and oxygen atoms in total. The van der Waals surface area contributed by atoms with Crippen molar-refractivity contribution in [2.75, 3.05) is 4.90 Å². The highest BCUT2D eigenvalue weighted by molar-refractivity contribution is 8.00. The number of para-hydroxylation sites is 3. The van der Waals surface area contributed by atoms with Crippen LogP contribution in [0.1, 0.15) is 0 Å². The van der Waals surface area contributed by atoms with E-state index in [4.69, 9.17) is 9.72 Å². The molecule has 0 bridgehead atoms. The van der Waals surface area contributed by atoms with Gasteiger partial charge in [0, 0.05) is 37.3 Å². The second-order valence-corrected chi connectivity index (χ2v) is 13.2. The van der Waals surface area contributed by atoms with Crippen LogP contribution in [0.3, 0.4) is 0 Å². The predicted molar refractivity (Wildman–Crippen MR) is 176 cm³/mol. The number of rotatable bonds is 1. The summed E-state index contributed by atoms with van der Waals surface area (Å²) < 4.78 is 6.40. The van der Waals surface area contributed by atoms with Gasteiger partial charge in [-0.2, -0.15) is 0 Å². The van der Waals surface area contributed by atoms with Gasteiger partial charge in [0.2, 0.25) is 0 Å². The van der Waals surface area contributed by atoms with Gasteiger partial charge in [0.1, 0.15) is 11.5 Å². The van der Waals surface area contributed by atoms with Gasteiger partial charge < -0.3 is 9.64 Å². The van der Waals surface area contributed by atoms with Crippen molar-refractivity contribution in [1.29, 1.82) is 0 Å². The van der Waals surface area contributed by atoms with E-state index in [1.54, 1.807) is 11.8 Å². The number of anilines is 3. The molecule has 10 rings (SSSR count). The van der Waals surface area contributed by atoms with E-state index in [-0.39, 0.29) is 13.4 Å². The second-order valence-electron chi connectivity index (χ2n) is 11.1. The van der Waals surface area contributed by atoms with E-state index in [2.05, 4.69) is 126 Å². The van der Waals surface area contributed by atoms with Crippen molar-refractivity contribution >= 4 is 86.9 Å². The van der Waals surface area contributed by atoms with Gasteiger partial charge in [-0.3, -0.25) is 4.98 Å². The summed E-state index contributed by atoms with van der Waals surface area (Å²) in [6.07, 6.45) is 0. The van der Waals surface area contributed by atoms with Crippen molar-refractivity contribution < 1.29 is 4.74 Å². The largest absolute Gasteiger partial charge is 0.458 e. The Morgan fingerprint density at radius 1 is 0.548 bits per heavy atom. The van der Waals surface area contributed by atoms with Crippen LogP contribution in [0.5, 0.6) is 11.5 Å². The molecule has 5 aromatic carbocycles. The Balaban J connectivity index is 1.21. The first kappa shape index (κ1) is 23.3. The zero-order valence-corrected chi connectivity index (χ0v) is 24.0. The van der Waals surface area contributed by atoms with Gasteiger partial charge in [0.25, 0.3) is 13.4 Å². The van der Waals surface area contributed by atoms with Gasteiger partial charge in [-0.15, -0.1) is 0 Å². The zero-order valence-electron chi connectivity index (χ0n) is 22.3. The molecule has 0 radical (unpaired) electrons. The summed E-state index contributed by atoms with van der Waals surface area (Å²) in [6.45, 7) is 0.181. The van der Waals surface area contributed by atoms with Gasteiger partial charge in [-0.05, 0) is 81.9 Å². The van der Waals surface area contributed by atoms with Crippen LogP contribution < -0.4 is 42.5 Å². The van der Waals surface area contributed by atoms with Crippen LogP contribution in [0.15, 0.2) is 141 Å². The van der Waals surface area contributed by atoms with E-state index >= 15 is 0 Å². The molecule has 6 aromatic rings. The standard InChI is InChI=1S/C35H20B2N2OS2/c1-2-10-21(11-3-1)39-25-14-6-4-12-22(25)37-32-26(39)15-8-18-29(32)41-31-20-24-35(38-34(31)37)42-30-19-9-17-28-33(30)36(24)23-13-5-7-16-27(23)40-28/h1-20H. The smallest absolute Gasteiger partial charge is 0.272 e. The number of hydrogen-bond acceptors (Lipinski definition) is 5. The Morgan fingerprint density at radius 2 is 1.26 bits per heavy atom. The molecule has 0 spiro atoms. The normalized spacial score (nSPS) is 14.5. The maximum absolute atomic E-state index is 6.40. The van der Waals surface area contributed by atoms with Crippen molar-refractivity contribution in [3.05, 3.63) is 121 Å². The maximum Gasteiger partial charge on any atom is 0.272 e. The monoisotopic (exact) mass is 570 g/mol. The van der Waals surface area contributed by atoms with E-state index in [0.29, 0.717) is 0 Å². The predicted octanol–water partition coefficient (Wildman–Crippen LogP) is 4.93. The number of nitrogens with zero attached hydrogens (tertiary/aromatic N) is 2. The Labute approximate surface area is 253 Å². The van der Waals surface area contributed by atoms with E-state index < -0.39 is 0 Å². The number of pyridine rings is 1. The molecule has 1 aromatic heterocycles. The minimum absolute atomic E-state index is 0.0734. The third-order valence-electron chi connectivity index (χ3n) is 8.86. The van der Waals surface area contributed by atoms with Gasteiger partial charge >= 0.3 is 0 Å². The van der Waals surface area contributed by atoms with Crippen LogP contribution in [0.25, 0.3) is 0 Å². The molecule has 0 saturated heterocycles. The average Bonchev–Trinajstić information content (AvgIpc) is 3.04. The minimum Gasteiger partial charge on any atom is -0.458 e. The van der Waals surface area contributed by atoms with Gasteiger partial charge in [0.05, 0.1) is 5.03 Å². The maximum atomic E-state index is 6.40. The summed E-state index contributed by atoms with van der Waals surface area (Å²) in [7, 11) is 0. The molecule has 0 N–H and O–H groups in total. The molecule has 0 atom stereocenters. The first-order valence-corrected chi connectivity index (χ1v) is 15.8. The number of benzene rings is 5. The second kappa shape index (κ2) is 8.60. The quantitative estimate of drug-likeness (QED) is 0.261. The lowest BCUT2D eigenvalue weighted by Crippen LogP contribution is -2.63. The van der Waals surface area contributed by atoms with Crippen molar-refractivity contribution in [1.82, 2.24) is 4.98 Å². The molecule has 5 heterocycles. The van der Waals surface area contributed by atoms with Crippen molar-refractivity contribution in [2.24, 2.45) is 0 Å². The van der Waals surface area contributed by atoms with Crippen molar-refractivity contribution in [2.45, 2.75) is 19.7 Å². The highest BCUT2D eigenvalue weighted by Crippen LogP contribution is 2.42. The average molecular weight is 570 g/mol. The Morgan fingerprint density at radius 3 is 2.17 bits per heavy atom. The fourth-order valence-corrected chi connectivity index (χ4v) is 9.46. The van der Waals surface area contributed by atoms with Crippen molar-refractivity contribution in [3.8, 4) is 11.5 Å². The summed E-state index contributed by atoms with van der Waals surface area (Å²) in [6, 6.07) is 43.6. The van der Waals surface area contributed by atoms with Gasteiger partial charge in [-0.25, -0.2) is 0 Å². The molecular formula is C35H20B2N2OS2. The number of hydrogen-bond donors (Lipinski definition) is 0. The first-order chi connectivity index (χ1) is 20.8. The zero-order chi connectivity index (χ0) is 27.4. The third kappa shape index (κ3) is 3.10. The summed E-state index contributed by atoms with van der Waals surface area (Å²) >= 11 is 3.64. The van der Waals surface area contributed by atoms with E-state index in [0.717, 1.165) is 22.1 Å². The Kier molecular flexibility index (Phi) is 4.76. The summed E-state index contributed by atoms with van der Waals surface area (Å²) in [4.78, 5) is 11.8. The van der Waals surface area contributed by atoms with E-state index in [1.807, 2.05) is 11.8 Å².